The van der Waals surface area contributed by atoms with Gasteiger partial charge in [0.05, 0.1) is 7.11 Å². The Labute approximate surface area is 119 Å². The zero-order valence-corrected chi connectivity index (χ0v) is 12.0. The first-order chi connectivity index (χ1) is 9.65. The van der Waals surface area contributed by atoms with E-state index in [-0.39, 0.29) is 5.88 Å². The van der Waals surface area contributed by atoms with Gasteiger partial charge in [0, 0.05) is 11.8 Å². The second-order valence-corrected chi connectivity index (χ2v) is 4.05. The Kier molecular flexibility index (Phi) is 6.37. The summed E-state index contributed by atoms with van der Waals surface area (Å²) in [4.78, 5) is 3.92. The molecule has 20 heavy (non-hydrogen) atoms. The third-order valence-corrected chi connectivity index (χ3v) is 2.70. The minimum Gasteiger partial charge on any atom is -0.479 e. The van der Waals surface area contributed by atoms with Crippen LogP contribution in [0.2, 0.25) is 0 Å². The number of pyridine rings is 1. The Morgan fingerprint density at radius 2 is 1.85 bits per heavy atom. The second kappa shape index (κ2) is 8.04. The van der Waals surface area contributed by atoms with E-state index >= 15 is 0 Å². The van der Waals surface area contributed by atoms with Crippen LogP contribution in [0.15, 0.2) is 36.5 Å². The van der Waals surface area contributed by atoms with E-state index in [1.807, 2.05) is 24.3 Å². The van der Waals surface area contributed by atoms with Crippen molar-refractivity contribution in [2.24, 2.45) is 0 Å². The molecule has 0 fully saturated rings. The molecule has 1 heterocycles. The number of nitrogens with one attached hydrogen (secondary N) is 1. The van der Waals surface area contributed by atoms with Crippen molar-refractivity contribution >= 4 is 6.21 Å². The summed E-state index contributed by atoms with van der Waals surface area (Å²) in [5, 5.41) is 6.08. The van der Waals surface area contributed by atoms with Gasteiger partial charge >= 0.3 is 0 Å². The first-order valence-corrected chi connectivity index (χ1v) is 6.40. The highest BCUT2D eigenvalue weighted by Crippen LogP contribution is 2.23. The maximum Gasteiger partial charge on any atom is 0.250 e. The number of aryl methyl sites for hydroxylation is 1. The van der Waals surface area contributed by atoms with Crippen molar-refractivity contribution in [3.8, 4) is 17.0 Å². The normalized spacial score (nSPS) is 9.40. The van der Waals surface area contributed by atoms with Gasteiger partial charge in [0.2, 0.25) is 5.88 Å². The summed E-state index contributed by atoms with van der Waals surface area (Å²) in [5.41, 5.74) is 2.97. The lowest BCUT2D eigenvalue weighted by Gasteiger charge is -2.05. The van der Waals surface area contributed by atoms with Crippen LogP contribution in [0.3, 0.4) is 0 Å². The highest BCUT2D eigenvalue weighted by Gasteiger charge is 2.06. The molecule has 4 heteroatoms. The van der Waals surface area contributed by atoms with E-state index in [0.29, 0.717) is 0 Å². The number of nitrogens with zero attached hydrogens (tertiary/aromatic N) is 1. The lowest BCUT2D eigenvalue weighted by molar-refractivity contribution is 0.369. The van der Waals surface area contributed by atoms with Gasteiger partial charge in [-0.3, -0.25) is 0 Å². The van der Waals surface area contributed by atoms with E-state index in [1.54, 1.807) is 13.1 Å². The molecule has 0 atom stereocenters. The van der Waals surface area contributed by atoms with Gasteiger partial charge in [-0.25, -0.2) is 9.37 Å². The number of ether oxygens (including phenoxy) is 1. The number of methoxy groups -OCH3 is 1. The lowest BCUT2D eigenvalue weighted by Crippen LogP contribution is -1.92. The van der Waals surface area contributed by atoms with Crippen molar-refractivity contribution in [2.45, 2.75) is 20.3 Å². The van der Waals surface area contributed by atoms with Crippen molar-refractivity contribution in [2.75, 3.05) is 7.11 Å². The van der Waals surface area contributed by atoms with Crippen LogP contribution in [0.5, 0.6) is 5.88 Å². The van der Waals surface area contributed by atoms with Crippen LogP contribution in [0, 0.1) is 11.2 Å². The van der Waals surface area contributed by atoms with E-state index in [9.17, 15) is 4.39 Å². The zero-order chi connectivity index (χ0) is 15.0. The fourth-order valence-corrected chi connectivity index (χ4v) is 1.67. The van der Waals surface area contributed by atoms with Crippen LogP contribution >= 0.6 is 0 Å². The lowest BCUT2D eigenvalue weighted by atomic mass is 10.0. The molecule has 1 N–H and O–H groups in total. The molecule has 2 rings (SSSR count). The molecule has 0 bridgehead atoms. The van der Waals surface area contributed by atoms with Crippen LogP contribution in [-0.2, 0) is 6.42 Å². The topological polar surface area (TPSA) is 46.0 Å². The molecule has 0 saturated carbocycles. The Balaban J connectivity index is 0.000000612. The average molecular weight is 274 g/mol. The minimum atomic E-state index is -0.440. The van der Waals surface area contributed by atoms with E-state index in [1.165, 1.54) is 25.0 Å². The highest BCUT2D eigenvalue weighted by atomic mass is 19.1. The Bertz CT molecular complexity index is 553. The molecule has 1 aromatic carbocycles. The summed E-state index contributed by atoms with van der Waals surface area (Å²) in [6.45, 7) is 3.77. The van der Waals surface area contributed by atoms with Gasteiger partial charge in [0.25, 0.3) is 0 Å². The molecule has 0 radical (unpaired) electrons. The summed E-state index contributed by atoms with van der Waals surface area (Å²) in [7, 11) is 1.40. The number of aromatic nitrogens is 1. The van der Waals surface area contributed by atoms with Crippen molar-refractivity contribution in [1.29, 1.82) is 5.41 Å². The van der Waals surface area contributed by atoms with Crippen LogP contribution < -0.4 is 4.74 Å². The fraction of sp³-hybridized carbons (Fsp3) is 0.250. The maximum atomic E-state index is 13.5. The zero-order valence-electron chi connectivity index (χ0n) is 12.0. The van der Waals surface area contributed by atoms with Gasteiger partial charge in [0.1, 0.15) is 0 Å². The molecular formula is C16H19FN2O. The number of benzene rings is 1. The van der Waals surface area contributed by atoms with E-state index in [4.69, 9.17) is 10.1 Å². The van der Waals surface area contributed by atoms with Crippen molar-refractivity contribution in [3.63, 3.8) is 0 Å². The summed E-state index contributed by atoms with van der Waals surface area (Å²) in [6.07, 6.45) is 3.86. The van der Waals surface area contributed by atoms with Crippen LogP contribution in [0.1, 0.15) is 19.4 Å². The molecule has 1 aromatic heterocycles. The quantitative estimate of drug-likeness (QED) is 0.856. The molecule has 3 nitrogen and oxygen atoms in total. The van der Waals surface area contributed by atoms with Gasteiger partial charge in [-0.05, 0) is 36.8 Å². The fourth-order valence-electron chi connectivity index (χ4n) is 1.67. The molecule has 2 aromatic rings. The summed E-state index contributed by atoms with van der Waals surface area (Å²) in [6, 6.07) is 9.46. The first-order valence-electron chi connectivity index (χ1n) is 6.40. The smallest absolute Gasteiger partial charge is 0.250 e. The van der Waals surface area contributed by atoms with Gasteiger partial charge < -0.3 is 10.1 Å². The largest absolute Gasteiger partial charge is 0.479 e. The standard InChI is InChI=1S/C14H14FNO.C2H5N/c1-3-10-4-6-11(7-5-10)12-8-13(15)14(17-2)16-9-12;1-2-3/h4-9H,3H2,1-2H3;2-3H,1H3. The van der Waals surface area contributed by atoms with Crippen molar-refractivity contribution in [1.82, 2.24) is 4.98 Å². The molecule has 0 aliphatic heterocycles. The van der Waals surface area contributed by atoms with Gasteiger partial charge in [-0.15, -0.1) is 0 Å². The Morgan fingerprint density at radius 3 is 2.30 bits per heavy atom. The van der Waals surface area contributed by atoms with E-state index in [0.717, 1.165) is 17.5 Å². The number of rotatable bonds is 3. The van der Waals surface area contributed by atoms with E-state index in [2.05, 4.69) is 11.9 Å². The maximum absolute atomic E-state index is 13.5. The van der Waals surface area contributed by atoms with Crippen molar-refractivity contribution < 1.29 is 9.13 Å². The van der Waals surface area contributed by atoms with Gasteiger partial charge in [0.15, 0.2) is 5.82 Å². The number of halogens is 1. The Morgan fingerprint density at radius 1 is 1.25 bits per heavy atom. The third-order valence-electron chi connectivity index (χ3n) is 2.70. The SMILES string of the molecule is CC=N.CCc1ccc(-c2cnc(OC)c(F)c2)cc1. The molecule has 0 unspecified atom stereocenters. The predicted molar refractivity (Wildman–Crippen MR) is 80.0 cm³/mol. The number of hydrogen-bond acceptors (Lipinski definition) is 3. The monoisotopic (exact) mass is 274 g/mol. The molecule has 106 valence electrons. The third kappa shape index (κ3) is 4.16. The molecule has 0 aliphatic carbocycles. The first kappa shape index (κ1) is 15.8. The van der Waals surface area contributed by atoms with Crippen LogP contribution in [0.4, 0.5) is 4.39 Å². The molecule has 0 amide bonds. The molecule has 0 saturated heterocycles. The summed E-state index contributed by atoms with van der Waals surface area (Å²) in [5.74, 6) is -0.413. The van der Waals surface area contributed by atoms with Gasteiger partial charge in [-0.1, -0.05) is 31.2 Å². The minimum absolute atomic E-state index is 0.0268. The average Bonchev–Trinajstić information content (AvgIpc) is 2.48. The Hall–Kier alpha value is -2.23. The van der Waals surface area contributed by atoms with Crippen LogP contribution in [-0.4, -0.2) is 18.3 Å². The molecule has 0 spiro atoms. The molecular weight excluding hydrogens is 255 g/mol. The van der Waals surface area contributed by atoms with E-state index < -0.39 is 5.82 Å². The summed E-state index contributed by atoms with van der Waals surface area (Å²) >= 11 is 0. The number of hydrogen-bond donors (Lipinski definition) is 1. The predicted octanol–water partition coefficient (Wildman–Crippen LogP) is 4.11. The molecule has 0 aliphatic rings. The van der Waals surface area contributed by atoms with Gasteiger partial charge in [-0.2, -0.15) is 0 Å². The highest BCUT2D eigenvalue weighted by molar-refractivity contribution is 5.63. The second-order valence-electron chi connectivity index (χ2n) is 4.05. The van der Waals surface area contributed by atoms with Crippen molar-refractivity contribution in [3.05, 3.63) is 47.9 Å². The summed E-state index contributed by atoms with van der Waals surface area (Å²) < 4.78 is 18.3. The van der Waals surface area contributed by atoms with Crippen LogP contribution in [0.25, 0.3) is 11.1 Å².